The van der Waals surface area contributed by atoms with E-state index >= 15 is 0 Å². The minimum Gasteiger partial charge on any atom is -0.481 e. The lowest BCUT2D eigenvalue weighted by Crippen LogP contribution is -2.27. The quantitative estimate of drug-likeness (QED) is 0.363. The maximum Gasteiger partial charge on any atom is 0.320 e. The van der Waals surface area contributed by atoms with Crippen molar-refractivity contribution in [1.82, 2.24) is 0 Å². The van der Waals surface area contributed by atoms with Gasteiger partial charge in [-0.1, -0.05) is 18.2 Å². The van der Waals surface area contributed by atoms with Gasteiger partial charge in [-0.2, -0.15) is 0 Å². The van der Waals surface area contributed by atoms with Crippen LogP contribution in [-0.4, -0.2) is 29.1 Å². The van der Waals surface area contributed by atoms with Crippen LogP contribution in [0, 0.1) is 16.0 Å². The number of carbonyl (C=O) groups is 2. The van der Waals surface area contributed by atoms with Gasteiger partial charge < -0.3 is 9.84 Å². The topological polar surface area (TPSA) is 107 Å². The molecule has 0 fully saturated rings. The highest BCUT2D eigenvalue weighted by atomic mass is 16.6. The molecule has 1 aromatic rings. The van der Waals surface area contributed by atoms with Crippen molar-refractivity contribution in [2.75, 3.05) is 7.11 Å². The fourth-order valence-electron chi connectivity index (χ4n) is 1.50. The predicted octanol–water partition coefficient (Wildman–Crippen LogP) is 1.01. The minimum atomic E-state index is -1.45. The fourth-order valence-corrected chi connectivity index (χ4v) is 1.50. The van der Waals surface area contributed by atoms with Crippen molar-refractivity contribution >= 4 is 17.6 Å². The van der Waals surface area contributed by atoms with Gasteiger partial charge in [-0.3, -0.25) is 19.7 Å². The van der Waals surface area contributed by atoms with Crippen molar-refractivity contribution in [3.63, 3.8) is 0 Å². The molecule has 0 spiro atoms. The fraction of sp³-hybridized carbons (Fsp3) is 0.273. The molecule has 0 saturated heterocycles. The number of aliphatic carboxylic acids is 1. The third-order valence-corrected chi connectivity index (χ3v) is 2.40. The SMILES string of the molecule is COC(=O)C(Cc1ccccc1[N+](=O)[O-])C(=O)O. The lowest BCUT2D eigenvalue weighted by atomic mass is 9.98. The lowest BCUT2D eigenvalue weighted by molar-refractivity contribution is -0.385. The number of esters is 1. The van der Waals surface area contributed by atoms with E-state index in [2.05, 4.69) is 4.74 Å². The second-order valence-electron chi connectivity index (χ2n) is 3.50. The molecule has 7 nitrogen and oxygen atoms in total. The third-order valence-electron chi connectivity index (χ3n) is 2.40. The average Bonchev–Trinajstić information content (AvgIpc) is 2.34. The first-order valence-electron chi connectivity index (χ1n) is 5.00. The Morgan fingerprint density at radius 2 is 2.06 bits per heavy atom. The molecule has 0 bridgehead atoms. The Morgan fingerprint density at radius 3 is 2.56 bits per heavy atom. The molecule has 1 aromatic carbocycles. The number of rotatable bonds is 5. The van der Waals surface area contributed by atoms with E-state index in [9.17, 15) is 19.7 Å². The Bertz CT molecular complexity index is 484. The molecule has 0 aliphatic heterocycles. The first kappa shape index (κ1) is 13.6. The van der Waals surface area contributed by atoms with E-state index in [1.54, 1.807) is 6.07 Å². The highest BCUT2D eigenvalue weighted by molar-refractivity contribution is 5.94. The summed E-state index contributed by atoms with van der Waals surface area (Å²) in [5.41, 5.74) is -0.0343. The molecule has 7 heteroatoms. The van der Waals surface area contributed by atoms with Crippen LogP contribution in [0.1, 0.15) is 5.56 Å². The molecule has 1 N–H and O–H groups in total. The van der Waals surface area contributed by atoms with Crippen LogP contribution in [0.15, 0.2) is 24.3 Å². The average molecular weight is 253 g/mol. The van der Waals surface area contributed by atoms with E-state index in [1.807, 2.05) is 0 Å². The molecule has 0 aliphatic carbocycles. The van der Waals surface area contributed by atoms with Crippen LogP contribution < -0.4 is 0 Å². The summed E-state index contributed by atoms with van der Waals surface area (Å²) >= 11 is 0. The molecule has 0 amide bonds. The summed E-state index contributed by atoms with van der Waals surface area (Å²) in [7, 11) is 1.07. The van der Waals surface area contributed by atoms with E-state index in [4.69, 9.17) is 5.11 Å². The number of hydrogen-bond acceptors (Lipinski definition) is 5. The van der Waals surface area contributed by atoms with E-state index in [-0.39, 0.29) is 17.7 Å². The smallest absolute Gasteiger partial charge is 0.320 e. The molecular weight excluding hydrogens is 242 g/mol. The van der Waals surface area contributed by atoms with Crippen LogP contribution in [0.3, 0.4) is 0 Å². The number of carboxylic acids is 1. The summed E-state index contributed by atoms with van der Waals surface area (Å²) in [6.45, 7) is 0. The van der Waals surface area contributed by atoms with Gasteiger partial charge in [-0.25, -0.2) is 0 Å². The Labute approximate surface area is 102 Å². The number of methoxy groups -OCH3 is 1. The normalized spacial score (nSPS) is 11.6. The highest BCUT2D eigenvalue weighted by Gasteiger charge is 2.29. The molecule has 1 rings (SSSR count). The Hall–Kier alpha value is -2.44. The Balaban J connectivity index is 3.05. The van der Waals surface area contributed by atoms with Gasteiger partial charge in [0.25, 0.3) is 5.69 Å². The number of hydrogen-bond donors (Lipinski definition) is 1. The lowest BCUT2D eigenvalue weighted by Gasteiger charge is -2.10. The van der Waals surface area contributed by atoms with Crippen LogP contribution in [0.2, 0.25) is 0 Å². The summed E-state index contributed by atoms with van der Waals surface area (Å²) in [4.78, 5) is 32.3. The van der Waals surface area contributed by atoms with Crippen molar-refractivity contribution in [3.8, 4) is 0 Å². The number of carboxylic acid groups (broad SMARTS) is 1. The second-order valence-corrected chi connectivity index (χ2v) is 3.50. The monoisotopic (exact) mass is 253 g/mol. The van der Waals surface area contributed by atoms with E-state index in [1.165, 1.54) is 18.2 Å². The number of nitro benzene ring substituents is 1. The standard InChI is InChI=1S/C11H11NO6/c1-18-11(15)8(10(13)14)6-7-4-2-3-5-9(7)12(16)17/h2-5,8H,6H2,1H3,(H,13,14). The number of nitrogens with zero attached hydrogens (tertiary/aromatic N) is 1. The van der Waals surface area contributed by atoms with Crippen LogP contribution >= 0.6 is 0 Å². The maximum absolute atomic E-state index is 11.3. The van der Waals surface area contributed by atoms with Gasteiger partial charge in [-0.15, -0.1) is 0 Å². The van der Waals surface area contributed by atoms with Crippen molar-refractivity contribution in [2.24, 2.45) is 5.92 Å². The third kappa shape index (κ3) is 3.03. The zero-order valence-corrected chi connectivity index (χ0v) is 9.53. The molecule has 0 saturated carbocycles. The van der Waals surface area contributed by atoms with Crippen molar-refractivity contribution in [3.05, 3.63) is 39.9 Å². The van der Waals surface area contributed by atoms with Gasteiger partial charge >= 0.3 is 11.9 Å². The van der Waals surface area contributed by atoms with Crippen molar-refractivity contribution in [1.29, 1.82) is 0 Å². The first-order valence-corrected chi connectivity index (χ1v) is 5.00. The van der Waals surface area contributed by atoms with Gasteiger partial charge in [0.05, 0.1) is 12.0 Å². The zero-order valence-electron chi connectivity index (χ0n) is 9.53. The summed E-state index contributed by atoms with van der Waals surface area (Å²) in [5, 5.41) is 19.6. The number of ether oxygens (including phenoxy) is 1. The molecule has 0 aromatic heterocycles. The first-order chi connectivity index (χ1) is 8.47. The molecule has 0 heterocycles. The van der Waals surface area contributed by atoms with E-state index in [0.29, 0.717) is 0 Å². The largest absolute Gasteiger partial charge is 0.481 e. The van der Waals surface area contributed by atoms with Gasteiger partial charge in [0.2, 0.25) is 0 Å². The summed E-state index contributed by atoms with van der Waals surface area (Å²) < 4.78 is 4.36. The second kappa shape index (κ2) is 5.76. The van der Waals surface area contributed by atoms with Crippen LogP contribution in [0.4, 0.5) is 5.69 Å². The molecule has 0 radical (unpaired) electrons. The number of nitro groups is 1. The van der Waals surface area contributed by atoms with Gasteiger partial charge in [0.1, 0.15) is 0 Å². The number of para-hydroxylation sites is 1. The van der Waals surface area contributed by atoms with E-state index < -0.39 is 22.8 Å². The van der Waals surface area contributed by atoms with Crippen LogP contribution in [-0.2, 0) is 20.7 Å². The van der Waals surface area contributed by atoms with Gasteiger partial charge in [0, 0.05) is 18.1 Å². The summed E-state index contributed by atoms with van der Waals surface area (Å²) in [6, 6.07) is 5.68. The van der Waals surface area contributed by atoms with Crippen molar-refractivity contribution in [2.45, 2.75) is 6.42 Å². The Morgan fingerprint density at radius 1 is 1.44 bits per heavy atom. The minimum absolute atomic E-state index is 0.181. The number of carbonyl (C=O) groups excluding carboxylic acids is 1. The van der Waals surface area contributed by atoms with Gasteiger partial charge in [0.15, 0.2) is 5.92 Å². The predicted molar refractivity (Wildman–Crippen MR) is 59.9 cm³/mol. The van der Waals surface area contributed by atoms with E-state index in [0.717, 1.165) is 7.11 Å². The maximum atomic E-state index is 11.3. The molecule has 18 heavy (non-hydrogen) atoms. The Kier molecular flexibility index (Phi) is 4.36. The van der Waals surface area contributed by atoms with Crippen molar-refractivity contribution < 1.29 is 24.4 Å². The highest BCUT2D eigenvalue weighted by Crippen LogP contribution is 2.21. The molecule has 1 unspecified atom stereocenters. The summed E-state index contributed by atoms with van der Waals surface area (Å²) in [6.07, 6.45) is -0.279. The van der Waals surface area contributed by atoms with Crippen LogP contribution in [0.25, 0.3) is 0 Å². The summed E-state index contributed by atoms with van der Waals surface area (Å²) in [5.74, 6) is -3.75. The molecule has 96 valence electrons. The van der Waals surface area contributed by atoms with Crippen LogP contribution in [0.5, 0.6) is 0 Å². The van der Waals surface area contributed by atoms with Gasteiger partial charge in [-0.05, 0) is 0 Å². The zero-order chi connectivity index (χ0) is 13.7. The molecule has 1 atom stereocenters. The molecule has 0 aliphatic rings. The number of benzene rings is 1. The molecular formula is C11H11NO6.